The summed E-state index contributed by atoms with van der Waals surface area (Å²) in [5.74, 6) is 0.826. The second-order valence-electron chi connectivity index (χ2n) is 2.69. The normalized spacial score (nSPS) is 10.2. The van der Waals surface area contributed by atoms with E-state index in [9.17, 15) is 4.79 Å². The fourth-order valence-electron chi connectivity index (χ4n) is 1.10. The van der Waals surface area contributed by atoms with Crippen molar-refractivity contribution in [3.63, 3.8) is 0 Å². The molecule has 0 spiro atoms. The van der Waals surface area contributed by atoms with Crippen LogP contribution in [0.1, 0.15) is 16.1 Å². The van der Waals surface area contributed by atoms with Crippen molar-refractivity contribution in [2.45, 2.75) is 6.42 Å². The van der Waals surface area contributed by atoms with Crippen LogP contribution in [0, 0.1) is 0 Å². The van der Waals surface area contributed by atoms with E-state index in [0.717, 1.165) is 11.3 Å². The number of carbonyl (C=O) groups is 1. The van der Waals surface area contributed by atoms with Gasteiger partial charge in [-0.05, 0) is 23.6 Å². The molecule has 13 heavy (non-hydrogen) atoms. The average molecular weight is 192 g/mol. The van der Waals surface area contributed by atoms with Crippen molar-refractivity contribution in [2.24, 2.45) is 0 Å². The molecule has 0 N–H and O–H groups in total. The van der Waals surface area contributed by atoms with E-state index < -0.39 is 0 Å². The van der Waals surface area contributed by atoms with Gasteiger partial charge in [-0.3, -0.25) is 4.79 Å². The molecule has 0 aliphatic carbocycles. The molecule has 0 bridgehead atoms. The van der Waals surface area contributed by atoms with E-state index in [-0.39, 0.29) is 5.78 Å². The first kappa shape index (κ1) is 8.26. The van der Waals surface area contributed by atoms with Crippen molar-refractivity contribution < 1.29 is 9.21 Å². The van der Waals surface area contributed by atoms with Gasteiger partial charge in [-0.25, -0.2) is 0 Å². The quantitative estimate of drug-likeness (QED) is 0.700. The van der Waals surface area contributed by atoms with E-state index in [0.29, 0.717) is 6.42 Å². The van der Waals surface area contributed by atoms with Crippen LogP contribution in [-0.2, 0) is 6.42 Å². The molecule has 0 saturated heterocycles. The van der Waals surface area contributed by atoms with Gasteiger partial charge in [-0.1, -0.05) is 0 Å². The highest BCUT2D eigenvalue weighted by Crippen LogP contribution is 2.10. The average Bonchev–Trinajstić information content (AvgIpc) is 2.74. The Morgan fingerprint density at radius 3 is 3.00 bits per heavy atom. The number of carbonyl (C=O) groups excluding carboxylic acids is 1. The Bertz CT molecular complexity index is 373. The molecule has 2 aromatic rings. The topological polar surface area (TPSA) is 30.2 Å². The van der Waals surface area contributed by atoms with Crippen molar-refractivity contribution >= 4 is 17.1 Å². The number of rotatable bonds is 3. The summed E-state index contributed by atoms with van der Waals surface area (Å²) in [6.07, 6.45) is 1.93. The molecule has 2 aromatic heterocycles. The monoisotopic (exact) mass is 192 g/mol. The molecular weight excluding hydrogens is 184 g/mol. The Morgan fingerprint density at radius 1 is 1.46 bits per heavy atom. The first-order valence-corrected chi connectivity index (χ1v) is 4.88. The molecule has 0 aromatic carbocycles. The third-order valence-corrected chi connectivity index (χ3v) is 2.44. The van der Waals surface area contributed by atoms with Crippen molar-refractivity contribution in [3.05, 3.63) is 46.5 Å². The summed E-state index contributed by atoms with van der Waals surface area (Å²) >= 11 is 1.53. The number of ketones is 1. The number of thiophene rings is 1. The van der Waals surface area contributed by atoms with Crippen LogP contribution in [0.5, 0.6) is 0 Å². The summed E-state index contributed by atoms with van der Waals surface area (Å²) in [6.45, 7) is 0. The lowest BCUT2D eigenvalue weighted by atomic mass is 10.1. The molecule has 0 radical (unpaired) electrons. The Hall–Kier alpha value is -1.35. The van der Waals surface area contributed by atoms with Crippen LogP contribution in [0.25, 0.3) is 0 Å². The fraction of sp³-hybridized carbons (Fsp3) is 0.100. The summed E-state index contributed by atoms with van der Waals surface area (Å²) in [4.78, 5) is 11.5. The van der Waals surface area contributed by atoms with E-state index in [1.165, 1.54) is 11.3 Å². The molecular formula is C10H8O2S. The number of hydrogen-bond donors (Lipinski definition) is 0. The maximum Gasteiger partial charge on any atom is 0.171 e. The minimum absolute atomic E-state index is 0.108. The van der Waals surface area contributed by atoms with Gasteiger partial charge in [0.1, 0.15) is 5.76 Å². The van der Waals surface area contributed by atoms with Gasteiger partial charge in [0.2, 0.25) is 0 Å². The van der Waals surface area contributed by atoms with E-state index >= 15 is 0 Å². The lowest BCUT2D eigenvalue weighted by molar-refractivity contribution is 0.0987. The minimum Gasteiger partial charge on any atom is -0.469 e. The van der Waals surface area contributed by atoms with Gasteiger partial charge < -0.3 is 4.42 Å². The third-order valence-electron chi connectivity index (χ3n) is 1.76. The predicted molar refractivity (Wildman–Crippen MR) is 51.1 cm³/mol. The van der Waals surface area contributed by atoms with E-state index in [4.69, 9.17) is 4.42 Å². The lowest BCUT2D eigenvalue weighted by Crippen LogP contribution is -2.00. The minimum atomic E-state index is 0.108. The van der Waals surface area contributed by atoms with Gasteiger partial charge in [0.25, 0.3) is 0 Å². The second-order valence-corrected chi connectivity index (χ2v) is 3.47. The molecule has 0 aliphatic rings. The van der Waals surface area contributed by atoms with Crippen molar-refractivity contribution in [1.29, 1.82) is 0 Å². The molecule has 0 fully saturated rings. The summed E-state index contributed by atoms with van der Waals surface area (Å²) < 4.78 is 5.08. The molecule has 0 unspecified atom stereocenters. The summed E-state index contributed by atoms with van der Waals surface area (Å²) in [7, 11) is 0. The summed E-state index contributed by atoms with van der Waals surface area (Å²) in [6, 6.07) is 5.43. The van der Waals surface area contributed by atoms with Gasteiger partial charge in [-0.2, -0.15) is 11.3 Å². The van der Waals surface area contributed by atoms with Crippen molar-refractivity contribution in [1.82, 2.24) is 0 Å². The predicted octanol–water partition coefficient (Wildman–Crippen LogP) is 2.77. The highest BCUT2D eigenvalue weighted by Gasteiger charge is 2.08. The van der Waals surface area contributed by atoms with Crippen LogP contribution in [0.4, 0.5) is 0 Å². The van der Waals surface area contributed by atoms with Crippen LogP contribution in [-0.4, -0.2) is 5.78 Å². The Kier molecular flexibility index (Phi) is 2.27. The van der Waals surface area contributed by atoms with Crippen LogP contribution in [0.15, 0.2) is 39.6 Å². The fourth-order valence-corrected chi connectivity index (χ4v) is 1.76. The van der Waals surface area contributed by atoms with Crippen LogP contribution >= 0.6 is 11.3 Å². The van der Waals surface area contributed by atoms with Gasteiger partial charge in [0.05, 0.1) is 12.7 Å². The molecule has 0 amide bonds. The van der Waals surface area contributed by atoms with Gasteiger partial charge >= 0.3 is 0 Å². The molecule has 3 heteroatoms. The van der Waals surface area contributed by atoms with Gasteiger partial charge in [0, 0.05) is 10.9 Å². The highest BCUT2D eigenvalue weighted by atomic mass is 32.1. The summed E-state index contributed by atoms with van der Waals surface area (Å²) in [5, 5.41) is 3.75. The Morgan fingerprint density at radius 2 is 2.38 bits per heavy atom. The molecule has 2 rings (SSSR count). The first-order valence-electron chi connectivity index (χ1n) is 3.94. The molecule has 0 atom stereocenters. The largest absolute Gasteiger partial charge is 0.469 e. The highest BCUT2D eigenvalue weighted by molar-refractivity contribution is 7.08. The van der Waals surface area contributed by atoms with Crippen LogP contribution < -0.4 is 0 Å². The lowest BCUT2D eigenvalue weighted by Gasteiger charge is -1.93. The van der Waals surface area contributed by atoms with Crippen LogP contribution in [0.2, 0.25) is 0 Å². The Labute approximate surface area is 79.8 Å². The molecule has 66 valence electrons. The standard InChI is InChI=1S/C10H8O2S/c11-10(8-3-5-13-7-8)6-9-2-1-4-12-9/h1-5,7H,6H2. The number of furan rings is 1. The zero-order valence-electron chi connectivity index (χ0n) is 6.90. The Balaban J connectivity index is 2.08. The SMILES string of the molecule is O=C(Cc1ccco1)c1ccsc1. The van der Waals surface area contributed by atoms with E-state index in [1.54, 1.807) is 12.3 Å². The molecule has 2 heterocycles. The smallest absolute Gasteiger partial charge is 0.171 e. The van der Waals surface area contributed by atoms with Gasteiger partial charge in [-0.15, -0.1) is 0 Å². The van der Waals surface area contributed by atoms with Crippen molar-refractivity contribution in [2.75, 3.05) is 0 Å². The molecule has 2 nitrogen and oxygen atoms in total. The first-order chi connectivity index (χ1) is 6.36. The van der Waals surface area contributed by atoms with Crippen molar-refractivity contribution in [3.8, 4) is 0 Å². The number of hydrogen-bond acceptors (Lipinski definition) is 3. The zero-order chi connectivity index (χ0) is 9.10. The molecule has 0 aliphatic heterocycles. The third kappa shape index (κ3) is 1.87. The van der Waals surface area contributed by atoms with Gasteiger partial charge in [0.15, 0.2) is 5.78 Å². The zero-order valence-corrected chi connectivity index (χ0v) is 7.71. The summed E-state index contributed by atoms with van der Waals surface area (Å²) in [5.41, 5.74) is 0.765. The maximum atomic E-state index is 11.5. The number of Topliss-reactive ketones (excluding diaryl/α,β-unsaturated/α-hetero) is 1. The van der Waals surface area contributed by atoms with E-state index in [1.807, 2.05) is 22.9 Å². The van der Waals surface area contributed by atoms with Crippen LogP contribution in [0.3, 0.4) is 0 Å². The molecule has 0 saturated carbocycles. The second kappa shape index (κ2) is 3.58. The maximum absolute atomic E-state index is 11.5. The van der Waals surface area contributed by atoms with E-state index in [2.05, 4.69) is 0 Å².